The van der Waals surface area contributed by atoms with Crippen LogP contribution in [0.1, 0.15) is 42.5 Å². The normalized spacial score (nSPS) is 24.2. The van der Waals surface area contributed by atoms with Gasteiger partial charge in [-0.2, -0.15) is 5.10 Å². The molecule has 1 aliphatic carbocycles. The molecule has 0 saturated carbocycles. The summed E-state index contributed by atoms with van der Waals surface area (Å²) < 4.78 is 2.05. The van der Waals surface area contributed by atoms with Crippen LogP contribution >= 0.6 is 0 Å². The lowest BCUT2D eigenvalue weighted by Crippen LogP contribution is -2.47. The standard InChI is InChI=1S/C21H25N3O/c25-20(17-7-12-24-18(15-17)6-11-22-24)23-13-9-21(10-14-23)8-5-16-3-1-2-4-19(16)21/h1-4,6,11,17H,5,7-10,12-15H2. The fourth-order valence-corrected chi connectivity index (χ4v) is 5.28. The third kappa shape index (κ3) is 2.42. The molecule has 1 amide bonds. The van der Waals surface area contributed by atoms with Gasteiger partial charge in [0.1, 0.15) is 0 Å². The number of benzene rings is 1. The fourth-order valence-electron chi connectivity index (χ4n) is 5.28. The highest BCUT2D eigenvalue weighted by molar-refractivity contribution is 5.79. The summed E-state index contributed by atoms with van der Waals surface area (Å²) in [6, 6.07) is 11.0. The molecule has 5 rings (SSSR count). The Balaban J connectivity index is 1.28. The highest BCUT2D eigenvalue weighted by Crippen LogP contribution is 2.46. The Bertz CT molecular complexity index is 801. The monoisotopic (exact) mass is 335 g/mol. The molecular weight excluding hydrogens is 310 g/mol. The Morgan fingerprint density at radius 1 is 1.08 bits per heavy atom. The molecule has 1 aromatic carbocycles. The first kappa shape index (κ1) is 15.2. The topological polar surface area (TPSA) is 38.1 Å². The molecule has 1 atom stereocenters. The smallest absolute Gasteiger partial charge is 0.226 e. The summed E-state index contributed by atoms with van der Waals surface area (Å²) in [6.07, 6.45) is 8.35. The predicted octanol–water partition coefficient (Wildman–Crippen LogP) is 2.95. The van der Waals surface area contributed by atoms with Crippen LogP contribution in [0.2, 0.25) is 0 Å². The maximum atomic E-state index is 13.0. The van der Waals surface area contributed by atoms with E-state index in [9.17, 15) is 4.79 Å². The van der Waals surface area contributed by atoms with Gasteiger partial charge in [-0.1, -0.05) is 24.3 Å². The van der Waals surface area contributed by atoms with Crippen molar-refractivity contribution in [1.82, 2.24) is 14.7 Å². The molecule has 130 valence electrons. The van der Waals surface area contributed by atoms with Gasteiger partial charge in [0, 0.05) is 43.9 Å². The SMILES string of the molecule is O=C(C1CCn2nccc2C1)N1CCC2(CCc3ccccc32)CC1. The van der Waals surface area contributed by atoms with Gasteiger partial charge in [-0.25, -0.2) is 0 Å². The van der Waals surface area contributed by atoms with Crippen LogP contribution in [0.15, 0.2) is 36.5 Å². The molecule has 1 aromatic heterocycles. The summed E-state index contributed by atoms with van der Waals surface area (Å²) in [6.45, 7) is 2.72. The van der Waals surface area contributed by atoms with Crippen molar-refractivity contribution in [3.63, 3.8) is 0 Å². The Morgan fingerprint density at radius 3 is 2.80 bits per heavy atom. The summed E-state index contributed by atoms with van der Waals surface area (Å²) in [5.41, 5.74) is 4.63. The molecular formula is C21H25N3O. The largest absolute Gasteiger partial charge is 0.342 e. The molecule has 3 aliphatic rings. The average molecular weight is 335 g/mol. The van der Waals surface area contributed by atoms with Crippen LogP contribution in [0.5, 0.6) is 0 Å². The zero-order valence-corrected chi connectivity index (χ0v) is 14.7. The molecule has 2 aromatic rings. The number of amides is 1. The van der Waals surface area contributed by atoms with E-state index in [1.54, 1.807) is 5.56 Å². The molecule has 2 aliphatic heterocycles. The summed E-state index contributed by atoms with van der Waals surface area (Å²) in [5, 5.41) is 4.32. The molecule has 3 heterocycles. The second-order valence-electron chi connectivity index (χ2n) is 8.00. The minimum Gasteiger partial charge on any atom is -0.342 e. The van der Waals surface area contributed by atoms with Gasteiger partial charge in [0.05, 0.1) is 0 Å². The average Bonchev–Trinajstić information content (AvgIpc) is 3.27. The first-order valence-corrected chi connectivity index (χ1v) is 9.63. The van der Waals surface area contributed by atoms with E-state index in [0.717, 1.165) is 45.3 Å². The van der Waals surface area contributed by atoms with Gasteiger partial charge in [0.2, 0.25) is 5.91 Å². The van der Waals surface area contributed by atoms with Crippen molar-refractivity contribution < 1.29 is 4.79 Å². The molecule has 0 radical (unpaired) electrons. The van der Waals surface area contributed by atoms with Crippen molar-refractivity contribution in [3.8, 4) is 0 Å². The Kier molecular flexibility index (Phi) is 3.47. The lowest BCUT2D eigenvalue weighted by atomic mass is 9.73. The van der Waals surface area contributed by atoms with Crippen LogP contribution in [0, 0.1) is 5.92 Å². The lowest BCUT2D eigenvalue weighted by molar-refractivity contribution is -0.137. The third-order valence-corrected chi connectivity index (χ3v) is 6.79. The summed E-state index contributed by atoms with van der Waals surface area (Å²) >= 11 is 0. The van der Waals surface area contributed by atoms with Crippen LogP contribution in [-0.2, 0) is 29.6 Å². The van der Waals surface area contributed by atoms with Gasteiger partial charge >= 0.3 is 0 Å². The number of piperidine rings is 1. The molecule has 1 saturated heterocycles. The molecule has 1 spiro atoms. The number of likely N-dealkylation sites (tertiary alicyclic amines) is 1. The summed E-state index contributed by atoms with van der Waals surface area (Å²) in [4.78, 5) is 15.2. The number of nitrogens with zero attached hydrogens (tertiary/aromatic N) is 3. The second kappa shape index (κ2) is 5.72. The van der Waals surface area contributed by atoms with E-state index in [2.05, 4.69) is 40.3 Å². The van der Waals surface area contributed by atoms with E-state index < -0.39 is 0 Å². The van der Waals surface area contributed by atoms with Crippen molar-refractivity contribution in [2.45, 2.75) is 50.5 Å². The molecule has 1 fully saturated rings. The number of fused-ring (bicyclic) bond motifs is 3. The zero-order valence-electron chi connectivity index (χ0n) is 14.7. The maximum absolute atomic E-state index is 13.0. The third-order valence-electron chi connectivity index (χ3n) is 6.79. The number of hydrogen-bond acceptors (Lipinski definition) is 2. The maximum Gasteiger partial charge on any atom is 0.226 e. The minimum absolute atomic E-state index is 0.147. The van der Waals surface area contributed by atoms with E-state index in [-0.39, 0.29) is 5.92 Å². The number of aryl methyl sites for hydroxylation is 2. The highest BCUT2D eigenvalue weighted by Gasteiger charge is 2.42. The quantitative estimate of drug-likeness (QED) is 0.804. The van der Waals surface area contributed by atoms with Crippen molar-refractivity contribution >= 4 is 5.91 Å². The van der Waals surface area contributed by atoms with E-state index in [0.29, 0.717) is 11.3 Å². The van der Waals surface area contributed by atoms with E-state index in [1.165, 1.54) is 24.1 Å². The van der Waals surface area contributed by atoms with E-state index in [4.69, 9.17) is 0 Å². The Morgan fingerprint density at radius 2 is 1.92 bits per heavy atom. The van der Waals surface area contributed by atoms with Gasteiger partial charge in [-0.15, -0.1) is 0 Å². The molecule has 4 heteroatoms. The van der Waals surface area contributed by atoms with Crippen molar-refractivity contribution in [3.05, 3.63) is 53.3 Å². The van der Waals surface area contributed by atoms with Crippen LogP contribution in [0.4, 0.5) is 0 Å². The first-order valence-electron chi connectivity index (χ1n) is 9.63. The molecule has 25 heavy (non-hydrogen) atoms. The van der Waals surface area contributed by atoms with Crippen LogP contribution in [0.3, 0.4) is 0 Å². The van der Waals surface area contributed by atoms with Gasteiger partial charge in [-0.05, 0) is 54.7 Å². The van der Waals surface area contributed by atoms with Crippen molar-refractivity contribution in [2.24, 2.45) is 5.92 Å². The van der Waals surface area contributed by atoms with Gasteiger partial charge < -0.3 is 4.90 Å². The van der Waals surface area contributed by atoms with Crippen molar-refractivity contribution in [2.75, 3.05) is 13.1 Å². The number of hydrogen-bond donors (Lipinski definition) is 0. The number of rotatable bonds is 1. The van der Waals surface area contributed by atoms with E-state index in [1.807, 2.05) is 10.9 Å². The molecule has 0 bridgehead atoms. The van der Waals surface area contributed by atoms with Gasteiger partial charge in [0.25, 0.3) is 0 Å². The number of aromatic nitrogens is 2. The van der Waals surface area contributed by atoms with Crippen molar-refractivity contribution in [1.29, 1.82) is 0 Å². The van der Waals surface area contributed by atoms with Crippen LogP contribution < -0.4 is 0 Å². The summed E-state index contributed by atoms with van der Waals surface area (Å²) in [7, 11) is 0. The van der Waals surface area contributed by atoms with Crippen LogP contribution in [-0.4, -0.2) is 33.7 Å². The molecule has 4 nitrogen and oxygen atoms in total. The fraction of sp³-hybridized carbons (Fsp3) is 0.524. The molecule has 1 unspecified atom stereocenters. The van der Waals surface area contributed by atoms with E-state index >= 15 is 0 Å². The first-order chi connectivity index (χ1) is 12.3. The Labute approximate surface area is 148 Å². The Hall–Kier alpha value is -2.10. The highest BCUT2D eigenvalue weighted by atomic mass is 16.2. The van der Waals surface area contributed by atoms with Gasteiger partial charge in [0.15, 0.2) is 0 Å². The zero-order chi connectivity index (χ0) is 16.9. The van der Waals surface area contributed by atoms with Gasteiger partial charge in [-0.3, -0.25) is 9.48 Å². The number of carbonyl (C=O) groups is 1. The summed E-state index contributed by atoms with van der Waals surface area (Å²) in [5.74, 6) is 0.516. The predicted molar refractivity (Wildman–Crippen MR) is 96.3 cm³/mol. The molecule has 0 N–H and O–H groups in total. The second-order valence-corrected chi connectivity index (χ2v) is 8.00. The van der Waals surface area contributed by atoms with Crippen LogP contribution in [0.25, 0.3) is 0 Å². The lowest BCUT2D eigenvalue weighted by Gasteiger charge is -2.41. The minimum atomic E-state index is 0.147. The number of carbonyl (C=O) groups excluding carboxylic acids is 1.